The fourth-order valence-corrected chi connectivity index (χ4v) is 1.42. The van der Waals surface area contributed by atoms with Crippen LogP contribution in [0, 0.1) is 0 Å². The molecule has 0 aliphatic heterocycles. The van der Waals surface area contributed by atoms with Gasteiger partial charge in [-0.05, 0) is 26.2 Å². The second-order valence-electron chi connectivity index (χ2n) is 4.46. The van der Waals surface area contributed by atoms with Crippen molar-refractivity contribution in [2.75, 3.05) is 6.61 Å². The van der Waals surface area contributed by atoms with Crippen molar-refractivity contribution in [3.8, 4) is 0 Å². The predicted octanol–water partition coefficient (Wildman–Crippen LogP) is 3.40. The van der Waals surface area contributed by atoms with Crippen LogP contribution in [0.1, 0.15) is 59.3 Å². The monoisotopic (exact) mass is 241 g/mol. The first-order chi connectivity index (χ1) is 8.11. The molecule has 0 rings (SSSR count). The quantitative estimate of drug-likeness (QED) is 0.361. The van der Waals surface area contributed by atoms with E-state index in [-0.39, 0.29) is 12.1 Å². The van der Waals surface area contributed by atoms with Crippen molar-refractivity contribution in [3.63, 3.8) is 0 Å². The zero-order valence-corrected chi connectivity index (χ0v) is 11.6. The highest BCUT2D eigenvalue weighted by atomic mass is 16.5. The van der Waals surface area contributed by atoms with E-state index >= 15 is 0 Å². The molecule has 1 N–H and O–H groups in total. The number of carbonyl (C=O) groups excluding carboxylic acids is 1. The Morgan fingerprint density at radius 3 is 2.41 bits per heavy atom. The van der Waals surface area contributed by atoms with Gasteiger partial charge in [0, 0.05) is 12.2 Å². The molecule has 3 nitrogen and oxygen atoms in total. The fraction of sp³-hybridized carbons (Fsp3) is 0.786. The molecule has 100 valence electrons. The van der Waals surface area contributed by atoms with Gasteiger partial charge in [-0.15, -0.1) is 0 Å². The maximum absolute atomic E-state index is 11.5. The van der Waals surface area contributed by atoms with E-state index in [2.05, 4.69) is 25.7 Å². The van der Waals surface area contributed by atoms with E-state index < -0.39 is 0 Å². The molecular weight excluding hydrogens is 214 g/mol. The normalized spacial score (nSPS) is 12.2. The van der Waals surface area contributed by atoms with E-state index in [1.807, 2.05) is 0 Å². The molecule has 1 amide bonds. The summed E-state index contributed by atoms with van der Waals surface area (Å²) >= 11 is 0. The van der Waals surface area contributed by atoms with Crippen LogP contribution in [-0.2, 0) is 9.53 Å². The van der Waals surface area contributed by atoms with Crippen LogP contribution in [0.15, 0.2) is 12.2 Å². The van der Waals surface area contributed by atoms with E-state index in [0.29, 0.717) is 12.2 Å². The average molecular weight is 241 g/mol. The molecular formula is C14H27NO2. The summed E-state index contributed by atoms with van der Waals surface area (Å²) < 4.78 is 5.68. The first-order valence-electron chi connectivity index (χ1n) is 6.69. The molecule has 0 aromatic heterocycles. The maximum Gasteiger partial charge on any atom is 0.248 e. The molecule has 1 unspecified atom stereocenters. The SMILES string of the molecule is C=C(C)C(=O)NC(CCCCC)OCCCC. The van der Waals surface area contributed by atoms with Crippen molar-refractivity contribution in [2.45, 2.75) is 65.5 Å². The topological polar surface area (TPSA) is 38.3 Å². The molecule has 0 fully saturated rings. The third-order valence-corrected chi connectivity index (χ3v) is 2.57. The van der Waals surface area contributed by atoms with Gasteiger partial charge in [0.2, 0.25) is 5.91 Å². The number of unbranched alkanes of at least 4 members (excludes halogenated alkanes) is 3. The van der Waals surface area contributed by atoms with Crippen molar-refractivity contribution in [1.29, 1.82) is 0 Å². The summed E-state index contributed by atoms with van der Waals surface area (Å²) in [6.45, 7) is 10.4. The minimum absolute atomic E-state index is 0.108. The number of ether oxygens (including phenoxy) is 1. The van der Waals surface area contributed by atoms with Crippen LogP contribution in [-0.4, -0.2) is 18.7 Å². The van der Waals surface area contributed by atoms with Gasteiger partial charge >= 0.3 is 0 Å². The second-order valence-corrected chi connectivity index (χ2v) is 4.46. The molecule has 0 aliphatic carbocycles. The van der Waals surface area contributed by atoms with Crippen molar-refractivity contribution in [1.82, 2.24) is 5.32 Å². The minimum atomic E-state index is -0.155. The summed E-state index contributed by atoms with van der Waals surface area (Å²) in [5, 5.41) is 2.87. The fourth-order valence-electron chi connectivity index (χ4n) is 1.42. The van der Waals surface area contributed by atoms with Gasteiger partial charge in [-0.1, -0.05) is 39.7 Å². The van der Waals surface area contributed by atoms with E-state index in [4.69, 9.17) is 4.74 Å². The number of carbonyl (C=O) groups is 1. The van der Waals surface area contributed by atoms with Crippen LogP contribution in [0.25, 0.3) is 0 Å². The Labute approximate surface area is 106 Å². The zero-order chi connectivity index (χ0) is 13.1. The van der Waals surface area contributed by atoms with Crippen molar-refractivity contribution >= 4 is 5.91 Å². The van der Waals surface area contributed by atoms with Crippen LogP contribution >= 0.6 is 0 Å². The largest absolute Gasteiger partial charge is 0.359 e. The summed E-state index contributed by atoms with van der Waals surface area (Å²) in [4.78, 5) is 11.5. The Balaban J connectivity index is 4.00. The molecule has 0 aromatic carbocycles. The summed E-state index contributed by atoms with van der Waals surface area (Å²) in [6, 6.07) is 0. The van der Waals surface area contributed by atoms with Gasteiger partial charge in [-0.25, -0.2) is 0 Å². The Hall–Kier alpha value is -0.830. The third-order valence-electron chi connectivity index (χ3n) is 2.57. The summed E-state index contributed by atoms with van der Waals surface area (Å²) in [5.41, 5.74) is 0.532. The number of nitrogens with one attached hydrogen (secondary N) is 1. The van der Waals surface area contributed by atoms with Crippen LogP contribution in [0.2, 0.25) is 0 Å². The molecule has 0 radical (unpaired) electrons. The lowest BCUT2D eigenvalue weighted by Crippen LogP contribution is -2.37. The zero-order valence-electron chi connectivity index (χ0n) is 11.6. The van der Waals surface area contributed by atoms with Crippen molar-refractivity contribution < 1.29 is 9.53 Å². The Morgan fingerprint density at radius 1 is 1.24 bits per heavy atom. The highest BCUT2D eigenvalue weighted by Crippen LogP contribution is 2.06. The first-order valence-corrected chi connectivity index (χ1v) is 6.69. The summed E-state index contributed by atoms with van der Waals surface area (Å²) in [5.74, 6) is -0.108. The Kier molecular flexibility index (Phi) is 9.83. The van der Waals surface area contributed by atoms with Gasteiger partial charge < -0.3 is 10.1 Å². The van der Waals surface area contributed by atoms with Crippen molar-refractivity contribution in [2.24, 2.45) is 0 Å². The van der Waals surface area contributed by atoms with E-state index in [1.54, 1.807) is 6.92 Å². The summed E-state index contributed by atoms with van der Waals surface area (Å²) in [7, 11) is 0. The van der Waals surface area contributed by atoms with Crippen LogP contribution in [0.5, 0.6) is 0 Å². The minimum Gasteiger partial charge on any atom is -0.359 e. The molecule has 0 bridgehead atoms. The molecule has 0 saturated heterocycles. The highest BCUT2D eigenvalue weighted by molar-refractivity contribution is 5.92. The summed E-state index contributed by atoms with van der Waals surface area (Å²) in [6.07, 6.45) is 6.31. The van der Waals surface area contributed by atoms with Gasteiger partial charge in [0.25, 0.3) is 0 Å². The number of rotatable bonds is 10. The van der Waals surface area contributed by atoms with Crippen LogP contribution < -0.4 is 5.32 Å². The van der Waals surface area contributed by atoms with Gasteiger partial charge in [-0.3, -0.25) is 4.79 Å². The molecule has 0 spiro atoms. The Bertz CT molecular complexity index is 216. The number of amides is 1. The molecule has 0 aliphatic rings. The van der Waals surface area contributed by atoms with Crippen molar-refractivity contribution in [3.05, 3.63) is 12.2 Å². The highest BCUT2D eigenvalue weighted by Gasteiger charge is 2.12. The first kappa shape index (κ1) is 16.2. The van der Waals surface area contributed by atoms with Gasteiger partial charge in [0.05, 0.1) is 0 Å². The van der Waals surface area contributed by atoms with E-state index in [0.717, 1.165) is 25.7 Å². The molecule has 0 aromatic rings. The smallest absolute Gasteiger partial charge is 0.248 e. The second kappa shape index (κ2) is 10.3. The molecule has 0 saturated carbocycles. The molecule has 17 heavy (non-hydrogen) atoms. The van der Waals surface area contributed by atoms with Crippen LogP contribution in [0.4, 0.5) is 0 Å². The van der Waals surface area contributed by atoms with Gasteiger partial charge in [-0.2, -0.15) is 0 Å². The number of hydrogen-bond donors (Lipinski definition) is 1. The van der Waals surface area contributed by atoms with Gasteiger partial charge in [0.1, 0.15) is 6.23 Å². The van der Waals surface area contributed by atoms with Gasteiger partial charge in [0.15, 0.2) is 0 Å². The van der Waals surface area contributed by atoms with E-state index in [1.165, 1.54) is 12.8 Å². The molecule has 0 heterocycles. The predicted molar refractivity (Wildman–Crippen MR) is 71.7 cm³/mol. The lowest BCUT2D eigenvalue weighted by molar-refractivity contribution is -0.122. The molecule has 3 heteroatoms. The molecule has 1 atom stereocenters. The lowest BCUT2D eigenvalue weighted by atomic mass is 10.2. The average Bonchev–Trinajstić information content (AvgIpc) is 2.29. The maximum atomic E-state index is 11.5. The standard InChI is InChI=1S/C14H27NO2/c1-5-7-9-10-13(17-11-8-6-2)15-14(16)12(3)4/h13H,3,5-11H2,1-2,4H3,(H,15,16). The Morgan fingerprint density at radius 2 is 1.88 bits per heavy atom. The van der Waals surface area contributed by atoms with E-state index in [9.17, 15) is 4.79 Å². The van der Waals surface area contributed by atoms with Crippen LogP contribution in [0.3, 0.4) is 0 Å². The number of hydrogen-bond acceptors (Lipinski definition) is 2. The lowest BCUT2D eigenvalue weighted by Gasteiger charge is -2.19. The third kappa shape index (κ3) is 8.93.